The highest BCUT2D eigenvalue weighted by atomic mass is 32.1. The van der Waals surface area contributed by atoms with Crippen LogP contribution in [0.4, 0.5) is 4.39 Å². The second-order valence-electron chi connectivity index (χ2n) is 8.96. The molecule has 2 amide bonds. The van der Waals surface area contributed by atoms with Crippen LogP contribution >= 0.6 is 22.7 Å². The third-order valence-corrected chi connectivity index (χ3v) is 8.67. The average Bonchev–Trinajstić information content (AvgIpc) is 3.54. The van der Waals surface area contributed by atoms with Crippen molar-refractivity contribution in [2.45, 2.75) is 31.8 Å². The zero-order valence-corrected chi connectivity index (χ0v) is 20.8. The first kappa shape index (κ1) is 23.2. The number of carbonyl (C=O) groups excluding carboxylic acids is 2. The van der Waals surface area contributed by atoms with Crippen LogP contribution in [-0.2, 0) is 11.2 Å². The highest BCUT2D eigenvalue weighted by Crippen LogP contribution is 2.38. The van der Waals surface area contributed by atoms with Gasteiger partial charge in [0, 0.05) is 50.1 Å². The maximum absolute atomic E-state index is 14.0. The number of halogens is 1. The van der Waals surface area contributed by atoms with E-state index in [2.05, 4.69) is 16.3 Å². The van der Waals surface area contributed by atoms with Gasteiger partial charge in [-0.05, 0) is 59.5 Å². The Bertz CT molecular complexity index is 1160. The molecule has 34 heavy (non-hydrogen) atoms. The molecule has 5 rings (SSSR count). The summed E-state index contributed by atoms with van der Waals surface area (Å²) in [4.78, 5) is 34.0. The zero-order valence-electron chi connectivity index (χ0n) is 19.2. The Morgan fingerprint density at radius 2 is 1.94 bits per heavy atom. The molecule has 0 saturated carbocycles. The third kappa shape index (κ3) is 4.67. The van der Waals surface area contributed by atoms with E-state index in [1.165, 1.54) is 27.8 Å². The predicted molar refractivity (Wildman–Crippen MR) is 134 cm³/mol. The molecule has 2 aromatic heterocycles. The van der Waals surface area contributed by atoms with Crippen LogP contribution in [0, 0.1) is 5.82 Å². The van der Waals surface area contributed by atoms with Gasteiger partial charge in [0.15, 0.2) is 0 Å². The van der Waals surface area contributed by atoms with Crippen molar-refractivity contribution in [1.82, 2.24) is 14.7 Å². The summed E-state index contributed by atoms with van der Waals surface area (Å²) in [5.74, 6) is -0.0727. The first-order valence-electron chi connectivity index (χ1n) is 11.7. The van der Waals surface area contributed by atoms with Crippen molar-refractivity contribution in [2.24, 2.45) is 0 Å². The fraction of sp³-hybridized carbons (Fsp3) is 0.385. The van der Waals surface area contributed by atoms with Crippen LogP contribution in [0.2, 0.25) is 0 Å². The standard InChI is InChI=1S/C26H28FN3O2S2/c1-18-17-29(12-13-30(18)26(32)23-6-3-14-33-23)24(31)8-11-28-10-7-22-21(9-15-34-22)25(28)19-4-2-5-20(27)16-19/h2-6,9,14-16,18,25H,7-8,10-13,17H2,1H3. The van der Waals surface area contributed by atoms with Crippen molar-refractivity contribution in [2.75, 3.05) is 32.7 Å². The lowest BCUT2D eigenvalue weighted by atomic mass is 9.93. The fourth-order valence-corrected chi connectivity index (χ4v) is 6.68. The average molecular weight is 498 g/mol. The van der Waals surface area contributed by atoms with Crippen molar-refractivity contribution in [1.29, 1.82) is 0 Å². The Hall–Kier alpha value is -2.55. The second kappa shape index (κ2) is 9.98. The van der Waals surface area contributed by atoms with Crippen LogP contribution in [0.25, 0.3) is 0 Å². The van der Waals surface area contributed by atoms with Gasteiger partial charge in [0.25, 0.3) is 5.91 Å². The van der Waals surface area contributed by atoms with E-state index in [9.17, 15) is 14.0 Å². The summed E-state index contributed by atoms with van der Waals surface area (Å²) < 4.78 is 14.0. The molecule has 1 saturated heterocycles. The maximum atomic E-state index is 14.0. The lowest BCUT2D eigenvalue weighted by Crippen LogP contribution is -2.55. The Kier molecular flexibility index (Phi) is 6.81. The SMILES string of the molecule is CC1CN(C(=O)CCN2CCc3sccc3C2c2cccc(F)c2)CCN1C(=O)c1cccs1. The van der Waals surface area contributed by atoms with Crippen LogP contribution in [0.15, 0.2) is 53.2 Å². The van der Waals surface area contributed by atoms with Gasteiger partial charge in [-0.2, -0.15) is 0 Å². The number of carbonyl (C=O) groups is 2. The largest absolute Gasteiger partial charge is 0.339 e. The molecule has 1 fully saturated rings. The molecular formula is C26H28FN3O2S2. The molecule has 4 heterocycles. The summed E-state index contributed by atoms with van der Waals surface area (Å²) >= 11 is 3.20. The van der Waals surface area contributed by atoms with E-state index in [1.807, 2.05) is 40.3 Å². The minimum atomic E-state index is -0.236. The zero-order chi connectivity index (χ0) is 23.7. The number of amides is 2. The summed E-state index contributed by atoms with van der Waals surface area (Å²) in [6.07, 6.45) is 1.37. The molecule has 0 bridgehead atoms. The van der Waals surface area contributed by atoms with Crippen molar-refractivity contribution < 1.29 is 14.0 Å². The van der Waals surface area contributed by atoms with Crippen molar-refractivity contribution in [3.05, 3.63) is 79.9 Å². The molecule has 2 unspecified atom stereocenters. The van der Waals surface area contributed by atoms with Crippen molar-refractivity contribution in [3.63, 3.8) is 0 Å². The number of rotatable bonds is 5. The van der Waals surface area contributed by atoms with Gasteiger partial charge in [-0.1, -0.05) is 18.2 Å². The number of hydrogen-bond acceptors (Lipinski definition) is 5. The van der Waals surface area contributed by atoms with Crippen molar-refractivity contribution in [3.8, 4) is 0 Å². The van der Waals surface area contributed by atoms with E-state index in [1.54, 1.807) is 23.5 Å². The quantitative estimate of drug-likeness (QED) is 0.515. The minimum absolute atomic E-state index is 0.0179. The molecule has 178 valence electrons. The van der Waals surface area contributed by atoms with E-state index in [0.29, 0.717) is 32.6 Å². The van der Waals surface area contributed by atoms with Gasteiger partial charge in [0.05, 0.1) is 10.9 Å². The number of benzene rings is 1. The molecule has 1 aromatic carbocycles. The van der Waals surface area contributed by atoms with E-state index in [0.717, 1.165) is 23.4 Å². The molecule has 0 spiro atoms. The summed E-state index contributed by atoms with van der Waals surface area (Å²) in [6.45, 7) is 5.14. The molecule has 2 aliphatic rings. The molecule has 3 aromatic rings. The van der Waals surface area contributed by atoms with Gasteiger partial charge in [-0.3, -0.25) is 14.5 Å². The topological polar surface area (TPSA) is 43.9 Å². The van der Waals surface area contributed by atoms with Crippen LogP contribution in [0.1, 0.15) is 45.1 Å². The lowest BCUT2D eigenvalue weighted by Gasteiger charge is -2.40. The molecule has 2 aliphatic heterocycles. The number of piperazine rings is 1. The third-order valence-electron chi connectivity index (χ3n) is 6.82. The van der Waals surface area contributed by atoms with Gasteiger partial charge in [0.2, 0.25) is 5.91 Å². The Labute approximate surface area is 207 Å². The van der Waals surface area contributed by atoms with Crippen LogP contribution < -0.4 is 0 Å². The first-order valence-corrected chi connectivity index (χ1v) is 13.4. The maximum Gasteiger partial charge on any atom is 0.264 e. The lowest BCUT2D eigenvalue weighted by molar-refractivity contribution is -0.134. The van der Waals surface area contributed by atoms with E-state index >= 15 is 0 Å². The first-order chi connectivity index (χ1) is 16.5. The van der Waals surface area contributed by atoms with Gasteiger partial charge in [-0.15, -0.1) is 22.7 Å². The summed E-state index contributed by atoms with van der Waals surface area (Å²) in [6, 6.07) is 12.6. The Balaban J connectivity index is 1.23. The molecule has 2 atom stereocenters. The molecule has 8 heteroatoms. The van der Waals surface area contributed by atoms with Gasteiger partial charge < -0.3 is 9.80 Å². The van der Waals surface area contributed by atoms with Crippen LogP contribution in [0.3, 0.4) is 0 Å². The van der Waals surface area contributed by atoms with E-state index < -0.39 is 0 Å². The Morgan fingerprint density at radius 3 is 2.71 bits per heavy atom. The Morgan fingerprint density at radius 1 is 1.06 bits per heavy atom. The molecule has 5 nitrogen and oxygen atoms in total. The number of nitrogens with zero attached hydrogens (tertiary/aromatic N) is 3. The molecular weight excluding hydrogens is 469 g/mol. The van der Waals surface area contributed by atoms with Crippen LogP contribution in [0.5, 0.6) is 0 Å². The number of fused-ring (bicyclic) bond motifs is 1. The molecule has 0 radical (unpaired) electrons. The fourth-order valence-electron chi connectivity index (χ4n) is 5.10. The normalized spacial score (nSPS) is 20.9. The highest BCUT2D eigenvalue weighted by molar-refractivity contribution is 7.12. The summed E-state index contributed by atoms with van der Waals surface area (Å²) in [5.41, 5.74) is 2.16. The molecule has 0 aliphatic carbocycles. The van der Waals surface area contributed by atoms with Gasteiger partial charge in [0.1, 0.15) is 5.82 Å². The van der Waals surface area contributed by atoms with Gasteiger partial charge in [-0.25, -0.2) is 4.39 Å². The summed E-state index contributed by atoms with van der Waals surface area (Å²) in [7, 11) is 0. The van der Waals surface area contributed by atoms with Crippen molar-refractivity contribution >= 4 is 34.5 Å². The van der Waals surface area contributed by atoms with Gasteiger partial charge >= 0.3 is 0 Å². The molecule has 0 N–H and O–H groups in total. The number of thiophene rings is 2. The highest BCUT2D eigenvalue weighted by Gasteiger charge is 2.33. The minimum Gasteiger partial charge on any atom is -0.339 e. The predicted octanol–water partition coefficient (Wildman–Crippen LogP) is 4.66. The number of hydrogen-bond donors (Lipinski definition) is 0. The summed E-state index contributed by atoms with van der Waals surface area (Å²) in [5, 5.41) is 4.01. The second-order valence-corrected chi connectivity index (χ2v) is 10.9. The van der Waals surface area contributed by atoms with Crippen LogP contribution in [-0.4, -0.2) is 65.3 Å². The van der Waals surface area contributed by atoms with E-state index in [4.69, 9.17) is 0 Å². The van der Waals surface area contributed by atoms with E-state index in [-0.39, 0.29) is 29.7 Å². The monoisotopic (exact) mass is 497 g/mol. The smallest absolute Gasteiger partial charge is 0.264 e.